The maximum atomic E-state index is 11.8. The second kappa shape index (κ2) is 8.55. The topological polar surface area (TPSA) is 55.4 Å². The third-order valence-electron chi connectivity index (χ3n) is 1.82. The Morgan fingerprint density at radius 2 is 2.11 bits per heavy atom. The highest BCUT2D eigenvalue weighted by Crippen LogP contribution is 2.30. The van der Waals surface area contributed by atoms with Crippen LogP contribution >= 0.6 is 35.7 Å². The number of thiocarbonyl (C=S) groups is 1. The van der Waals surface area contributed by atoms with Crippen molar-refractivity contribution < 1.29 is 14.3 Å². The predicted octanol–water partition coefficient (Wildman–Crippen LogP) is 1.99. The van der Waals surface area contributed by atoms with Gasteiger partial charge in [0.05, 0.1) is 6.54 Å². The minimum absolute atomic E-state index is 0.133. The van der Waals surface area contributed by atoms with Crippen LogP contribution in [0, 0.1) is 0 Å². The molecule has 0 radical (unpaired) electrons. The highest BCUT2D eigenvalue weighted by Gasteiger charge is 2.31. The van der Waals surface area contributed by atoms with Gasteiger partial charge in [0.2, 0.25) is 5.91 Å². The lowest BCUT2D eigenvalue weighted by Gasteiger charge is -2.21. The lowest BCUT2D eigenvalue weighted by Crippen LogP contribution is -2.34. The minimum atomic E-state index is -0.720. The second-order valence-electron chi connectivity index (χ2n) is 3.70. The first-order valence-corrected chi connectivity index (χ1v) is 7.63. The molecule has 0 aliphatic heterocycles. The first kappa shape index (κ1) is 17.5. The third-order valence-corrected chi connectivity index (χ3v) is 4.49. The van der Waals surface area contributed by atoms with Crippen molar-refractivity contribution in [2.45, 2.75) is 18.6 Å². The Morgan fingerprint density at radius 1 is 1.50 bits per heavy atom. The number of amides is 1. The summed E-state index contributed by atoms with van der Waals surface area (Å²) >= 11 is 7.78. The van der Waals surface area contributed by atoms with Gasteiger partial charge < -0.3 is 10.1 Å². The van der Waals surface area contributed by atoms with Gasteiger partial charge in [-0.2, -0.15) is 0 Å². The zero-order valence-corrected chi connectivity index (χ0v) is 13.1. The van der Waals surface area contributed by atoms with Crippen molar-refractivity contribution in [3.05, 3.63) is 12.7 Å². The van der Waals surface area contributed by atoms with Gasteiger partial charge in [0, 0.05) is 0 Å². The van der Waals surface area contributed by atoms with Crippen LogP contribution in [0.2, 0.25) is 0 Å². The van der Waals surface area contributed by atoms with Crippen molar-refractivity contribution in [1.82, 2.24) is 5.32 Å². The zero-order valence-electron chi connectivity index (χ0n) is 10.6. The Kier molecular flexibility index (Phi) is 8.30. The summed E-state index contributed by atoms with van der Waals surface area (Å²) in [5.74, 6) is -0.639. The fourth-order valence-electron chi connectivity index (χ4n) is 0.856. The highest BCUT2D eigenvalue weighted by molar-refractivity contribution is 8.47. The summed E-state index contributed by atoms with van der Waals surface area (Å²) in [7, 11) is 0. The summed E-state index contributed by atoms with van der Waals surface area (Å²) in [5.41, 5.74) is 0. The van der Waals surface area contributed by atoms with Gasteiger partial charge in [0.1, 0.15) is 14.9 Å². The van der Waals surface area contributed by atoms with E-state index in [1.54, 1.807) is 13.8 Å². The molecule has 0 aliphatic rings. The fourth-order valence-corrected chi connectivity index (χ4v) is 3.00. The van der Waals surface area contributed by atoms with E-state index in [0.717, 1.165) is 0 Å². The number of thioether (sulfide) groups is 2. The van der Waals surface area contributed by atoms with Crippen molar-refractivity contribution >= 4 is 51.1 Å². The first-order chi connectivity index (χ1) is 8.33. The van der Waals surface area contributed by atoms with E-state index in [4.69, 9.17) is 17.0 Å². The van der Waals surface area contributed by atoms with Gasteiger partial charge in [0.15, 0.2) is 0 Å². The van der Waals surface area contributed by atoms with E-state index < -0.39 is 4.75 Å². The lowest BCUT2D eigenvalue weighted by atomic mass is 10.2. The fraction of sp³-hybridized carbons (Fsp3) is 0.545. The lowest BCUT2D eigenvalue weighted by molar-refractivity contribution is -0.145. The van der Waals surface area contributed by atoms with E-state index in [1.807, 2.05) is 6.26 Å². The van der Waals surface area contributed by atoms with E-state index in [0.29, 0.717) is 3.53 Å². The molecule has 0 aromatic carbocycles. The second-order valence-corrected chi connectivity index (χ2v) is 7.33. The molecule has 7 heteroatoms. The molecule has 0 atom stereocenters. The molecular weight excluding hydrogens is 290 g/mol. The van der Waals surface area contributed by atoms with E-state index in [1.165, 1.54) is 29.6 Å². The Bertz CT molecular complexity index is 342. The molecule has 0 saturated heterocycles. The molecule has 0 aliphatic carbocycles. The molecule has 0 fully saturated rings. The first-order valence-electron chi connectivity index (χ1n) is 5.18. The quantitative estimate of drug-likeness (QED) is 0.350. The number of carbonyl (C=O) groups is 2. The third kappa shape index (κ3) is 7.03. The molecule has 0 bridgehead atoms. The molecule has 0 rings (SSSR count). The van der Waals surface area contributed by atoms with E-state index in [-0.39, 0.29) is 25.0 Å². The molecule has 102 valence electrons. The smallest absolute Gasteiger partial charge is 0.322 e. The van der Waals surface area contributed by atoms with Crippen LogP contribution in [0.15, 0.2) is 12.7 Å². The number of ether oxygens (including phenoxy) is 1. The van der Waals surface area contributed by atoms with Gasteiger partial charge in [-0.1, -0.05) is 30.6 Å². The van der Waals surface area contributed by atoms with E-state index in [2.05, 4.69) is 11.9 Å². The highest BCUT2D eigenvalue weighted by atomic mass is 32.2. The van der Waals surface area contributed by atoms with Crippen LogP contribution in [0.5, 0.6) is 0 Å². The van der Waals surface area contributed by atoms with Crippen LogP contribution in [0.25, 0.3) is 0 Å². The number of hydrogen-bond acceptors (Lipinski definition) is 6. The molecule has 0 heterocycles. The molecular formula is C11H17NO3S3. The SMILES string of the molecule is C=CC(=O)NCCOC(=O)C(C)(C)SC(=S)SC. The Hall–Kier alpha value is -0.530. The van der Waals surface area contributed by atoms with Crippen LogP contribution in [0.4, 0.5) is 0 Å². The van der Waals surface area contributed by atoms with Crippen molar-refractivity contribution in [2.24, 2.45) is 0 Å². The maximum absolute atomic E-state index is 11.8. The molecule has 4 nitrogen and oxygen atoms in total. The number of hydrogen-bond donors (Lipinski definition) is 1. The van der Waals surface area contributed by atoms with Gasteiger partial charge in [-0.25, -0.2) is 0 Å². The van der Waals surface area contributed by atoms with Crippen LogP contribution in [0.1, 0.15) is 13.8 Å². The van der Waals surface area contributed by atoms with Gasteiger partial charge >= 0.3 is 5.97 Å². The van der Waals surface area contributed by atoms with Gasteiger partial charge in [-0.05, 0) is 26.2 Å². The predicted molar refractivity (Wildman–Crippen MR) is 81.9 cm³/mol. The minimum Gasteiger partial charge on any atom is -0.463 e. The van der Waals surface area contributed by atoms with Gasteiger partial charge in [-0.3, -0.25) is 9.59 Å². The van der Waals surface area contributed by atoms with Crippen molar-refractivity contribution in [1.29, 1.82) is 0 Å². The molecule has 0 aromatic heterocycles. The summed E-state index contributed by atoms with van der Waals surface area (Å²) in [6, 6.07) is 0. The molecule has 1 N–H and O–H groups in total. The van der Waals surface area contributed by atoms with Gasteiger partial charge in [-0.15, -0.1) is 11.8 Å². The van der Waals surface area contributed by atoms with Crippen molar-refractivity contribution in [2.75, 3.05) is 19.4 Å². The monoisotopic (exact) mass is 307 g/mol. The number of esters is 1. The Labute approximate surface area is 121 Å². The van der Waals surface area contributed by atoms with Gasteiger partial charge in [0.25, 0.3) is 0 Å². The molecule has 1 amide bonds. The van der Waals surface area contributed by atoms with Crippen LogP contribution in [0.3, 0.4) is 0 Å². The average Bonchev–Trinajstić information content (AvgIpc) is 2.33. The largest absolute Gasteiger partial charge is 0.463 e. The van der Waals surface area contributed by atoms with E-state index >= 15 is 0 Å². The number of rotatable bonds is 6. The number of nitrogens with one attached hydrogen (secondary N) is 1. The standard InChI is InChI=1S/C11H17NO3S3/c1-5-8(13)12-6-7-15-9(14)11(2,3)18-10(16)17-4/h5H,1,6-7H2,2-4H3,(H,12,13). The average molecular weight is 307 g/mol. The Morgan fingerprint density at radius 3 is 2.61 bits per heavy atom. The zero-order chi connectivity index (χ0) is 14.2. The molecule has 0 aromatic rings. The maximum Gasteiger partial charge on any atom is 0.322 e. The molecule has 18 heavy (non-hydrogen) atoms. The summed E-state index contributed by atoms with van der Waals surface area (Å²) in [6.45, 7) is 7.23. The normalized spacial score (nSPS) is 10.6. The number of carbonyl (C=O) groups excluding carboxylic acids is 2. The molecule has 0 unspecified atom stereocenters. The van der Waals surface area contributed by atoms with Crippen molar-refractivity contribution in [3.63, 3.8) is 0 Å². The summed E-state index contributed by atoms with van der Waals surface area (Å²) < 4.78 is 5.04. The van der Waals surface area contributed by atoms with E-state index in [9.17, 15) is 9.59 Å². The molecule has 0 spiro atoms. The summed E-state index contributed by atoms with van der Waals surface area (Å²) in [5, 5.41) is 2.52. The van der Waals surface area contributed by atoms with Crippen molar-refractivity contribution in [3.8, 4) is 0 Å². The van der Waals surface area contributed by atoms with Crippen LogP contribution in [-0.2, 0) is 14.3 Å². The summed E-state index contributed by atoms with van der Waals surface area (Å²) in [6.07, 6.45) is 3.03. The van der Waals surface area contributed by atoms with Crippen LogP contribution in [-0.4, -0.2) is 39.6 Å². The Balaban J connectivity index is 4.03. The van der Waals surface area contributed by atoms with Crippen LogP contribution < -0.4 is 5.32 Å². The molecule has 0 saturated carbocycles. The summed E-state index contributed by atoms with van der Waals surface area (Å²) in [4.78, 5) is 22.6.